The van der Waals surface area contributed by atoms with E-state index in [0.717, 1.165) is 6.42 Å². The fourth-order valence-electron chi connectivity index (χ4n) is 2.53. The van der Waals surface area contributed by atoms with Crippen LogP contribution in [0.1, 0.15) is 16.7 Å². The molecule has 0 bridgehead atoms. The van der Waals surface area contributed by atoms with Crippen LogP contribution in [0.5, 0.6) is 0 Å². The van der Waals surface area contributed by atoms with E-state index in [1.54, 1.807) is 0 Å². The first kappa shape index (κ1) is 9.40. The quantitative estimate of drug-likeness (QED) is 0.664. The summed E-state index contributed by atoms with van der Waals surface area (Å²) in [6.45, 7) is 2.16. The van der Waals surface area contributed by atoms with Crippen molar-refractivity contribution >= 4 is 11.4 Å². The molecule has 1 aliphatic heterocycles. The molecule has 0 saturated heterocycles. The minimum atomic E-state index is 1.01. The summed E-state index contributed by atoms with van der Waals surface area (Å²) in [6, 6.07) is 8.62. The minimum absolute atomic E-state index is 1.01. The molecule has 0 amide bonds. The van der Waals surface area contributed by atoms with Crippen molar-refractivity contribution in [2.75, 3.05) is 11.9 Å². The Kier molecular flexibility index (Phi) is 1.96. The highest BCUT2D eigenvalue weighted by Gasteiger charge is 2.20. The highest BCUT2D eigenvalue weighted by Crippen LogP contribution is 2.38. The Labute approximate surface area is 95.6 Å². The molecule has 0 N–H and O–H groups in total. The number of rotatable bonds is 0. The molecule has 16 heavy (non-hydrogen) atoms. The van der Waals surface area contributed by atoms with Gasteiger partial charge in [-0.2, -0.15) is 0 Å². The molecule has 1 aliphatic rings. The van der Waals surface area contributed by atoms with E-state index in [-0.39, 0.29) is 0 Å². The Morgan fingerprint density at radius 3 is 2.94 bits per heavy atom. The lowest BCUT2D eigenvalue weighted by Gasteiger charge is -2.31. The van der Waals surface area contributed by atoms with Crippen LogP contribution in [0.25, 0.3) is 0 Å². The average Bonchev–Trinajstić information content (AvgIpc) is 2.29. The standard InChI is InChI=1S/C14H14N2/c1-10-4-3-5-12-8-11-6-7-15-9-13(11)16(2)14(10)12/h3-7,9H,8H2,1-2H3. The highest BCUT2D eigenvalue weighted by atomic mass is 15.1. The topological polar surface area (TPSA) is 16.1 Å². The van der Waals surface area contributed by atoms with Gasteiger partial charge in [-0.15, -0.1) is 0 Å². The van der Waals surface area contributed by atoms with E-state index in [0.29, 0.717) is 0 Å². The van der Waals surface area contributed by atoms with Crippen LogP contribution in [0.15, 0.2) is 36.7 Å². The van der Waals surface area contributed by atoms with Crippen molar-refractivity contribution in [3.05, 3.63) is 53.3 Å². The van der Waals surface area contributed by atoms with Gasteiger partial charge in [-0.25, -0.2) is 0 Å². The number of para-hydroxylation sites is 1. The van der Waals surface area contributed by atoms with Crippen molar-refractivity contribution in [3.8, 4) is 0 Å². The zero-order valence-corrected chi connectivity index (χ0v) is 9.57. The number of nitrogens with zero attached hydrogens (tertiary/aromatic N) is 2. The molecule has 0 atom stereocenters. The molecule has 0 saturated carbocycles. The second-order valence-electron chi connectivity index (χ2n) is 4.32. The maximum Gasteiger partial charge on any atom is 0.0630 e. The number of aromatic nitrogens is 1. The van der Waals surface area contributed by atoms with Crippen LogP contribution in [0, 0.1) is 6.92 Å². The van der Waals surface area contributed by atoms with Crippen LogP contribution in [-0.4, -0.2) is 12.0 Å². The molecule has 2 nitrogen and oxygen atoms in total. The van der Waals surface area contributed by atoms with Gasteiger partial charge in [-0.3, -0.25) is 4.98 Å². The number of aryl methyl sites for hydroxylation is 1. The van der Waals surface area contributed by atoms with Crippen LogP contribution < -0.4 is 4.90 Å². The second-order valence-corrected chi connectivity index (χ2v) is 4.32. The van der Waals surface area contributed by atoms with Crippen LogP contribution in [-0.2, 0) is 6.42 Å². The minimum Gasteiger partial charge on any atom is -0.343 e. The van der Waals surface area contributed by atoms with Crippen molar-refractivity contribution in [1.29, 1.82) is 0 Å². The lowest BCUT2D eigenvalue weighted by Crippen LogP contribution is -2.19. The third kappa shape index (κ3) is 1.23. The molecule has 0 unspecified atom stereocenters. The summed E-state index contributed by atoms with van der Waals surface area (Å²) in [6.07, 6.45) is 4.83. The fourth-order valence-corrected chi connectivity index (χ4v) is 2.53. The molecule has 0 aliphatic carbocycles. The predicted octanol–water partition coefficient (Wildman–Crippen LogP) is 3.06. The van der Waals surface area contributed by atoms with Crippen molar-refractivity contribution < 1.29 is 0 Å². The Hall–Kier alpha value is -1.83. The molecule has 1 aromatic carbocycles. The molecular formula is C14H14N2. The molecule has 0 radical (unpaired) electrons. The molecule has 3 rings (SSSR count). The van der Waals surface area contributed by atoms with Crippen molar-refractivity contribution in [3.63, 3.8) is 0 Å². The first-order valence-electron chi connectivity index (χ1n) is 5.52. The number of anilines is 2. The van der Waals surface area contributed by atoms with Crippen molar-refractivity contribution in [1.82, 2.24) is 4.98 Å². The van der Waals surface area contributed by atoms with Gasteiger partial charge in [0.2, 0.25) is 0 Å². The number of hydrogen-bond acceptors (Lipinski definition) is 2. The second kappa shape index (κ2) is 3.34. The molecular weight excluding hydrogens is 196 g/mol. The summed E-state index contributed by atoms with van der Waals surface area (Å²) in [5.74, 6) is 0. The summed E-state index contributed by atoms with van der Waals surface area (Å²) in [7, 11) is 2.12. The Balaban J connectivity index is 2.23. The fraction of sp³-hybridized carbons (Fsp3) is 0.214. The van der Waals surface area contributed by atoms with Gasteiger partial charge in [-0.05, 0) is 29.7 Å². The molecule has 2 heterocycles. The average molecular weight is 210 g/mol. The van der Waals surface area contributed by atoms with Crippen molar-refractivity contribution in [2.45, 2.75) is 13.3 Å². The van der Waals surface area contributed by atoms with Gasteiger partial charge >= 0.3 is 0 Å². The molecule has 0 spiro atoms. The normalized spacial score (nSPS) is 13.2. The number of benzene rings is 1. The van der Waals surface area contributed by atoms with E-state index in [1.807, 2.05) is 12.4 Å². The molecule has 2 heteroatoms. The van der Waals surface area contributed by atoms with Crippen LogP contribution in [0.2, 0.25) is 0 Å². The molecule has 0 fully saturated rings. The SMILES string of the molecule is Cc1cccc2c1N(C)c1cnccc1C2. The van der Waals surface area contributed by atoms with Crippen LogP contribution in [0.4, 0.5) is 11.4 Å². The van der Waals surface area contributed by atoms with Gasteiger partial charge in [0.1, 0.15) is 0 Å². The molecule has 1 aromatic heterocycles. The Bertz CT molecular complexity index is 546. The third-order valence-corrected chi connectivity index (χ3v) is 3.29. The maximum atomic E-state index is 4.21. The molecule has 80 valence electrons. The van der Waals surface area contributed by atoms with Gasteiger partial charge in [0.25, 0.3) is 0 Å². The van der Waals surface area contributed by atoms with Gasteiger partial charge in [0.15, 0.2) is 0 Å². The predicted molar refractivity (Wildman–Crippen MR) is 66.3 cm³/mol. The van der Waals surface area contributed by atoms with Crippen LogP contribution >= 0.6 is 0 Å². The van der Waals surface area contributed by atoms with Gasteiger partial charge in [0, 0.05) is 25.4 Å². The van der Waals surface area contributed by atoms with Crippen molar-refractivity contribution in [2.24, 2.45) is 0 Å². The third-order valence-electron chi connectivity index (χ3n) is 3.29. The number of pyridine rings is 1. The zero-order valence-electron chi connectivity index (χ0n) is 9.57. The summed E-state index contributed by atoms with van der Waals surface area (Å²) in [5, 5.41) is 0. The lowest BCUT2D eigenvalue weighted by atomic mass is 9.95. The largest absolute Gasteiger partial charge is 0.343 e. The van der Waals surface area contributed by atoms with E-state index in [9.17, 15) is 0 Å². The van der Waals surface area contributed by atoms with E-state index in [4.69, 9.17) is 0 Å². The Morgan fingerprint density at radius 1 is 1.19 bits per heavy atom. The summed E-state index contributed by atoms with van der Waals surface area (Å²) >= 11 is 0. The molecule has 2 aromatic rings. The first-order chi connectivity index (χ1) is 7.77. The van der Waals surface area contributed by atoms with Gasteiger partial charge in [0.05, 0.1) is 11.9 Å². The number of hydrogen-bond donors (Lipinski definition) is 0. The maximum absolute atomic E-state index is 4.21. The summed E-state index contributed by atoms with van der Waals surface area (Å²) < 4.78 is 0. The van der Waals surface area contributed by atoms with Gasteiger partial charge in [-0.1, -0.05) is 18.2 Å². The zero-order chi connectivity index (χ0) is 11.1. The van der Waals surface area contributed by atoms with E-state index in [1.165, 1.54) is 28.1 Å². The van der Waals surface area contributed by atoms with E-state index < -0.39 is 0 Å². The van der Waals surface area contributed by atoms with E-state index >= 15 is 0 Å². The first-order valence-corrected chi connectivity index (χ1v) is 5.52. The summed E-state index contributed by atoms with van der Waals surface area (Å²) in [5.41, 5.74) is 6.65. The lowest BCUT2D eigenvalue weighted by molar-refractivity contribution is 1.03. The smallest absolute Gasteiger partial charge is 0.0630 e. The summed E-state index contributed by atoms with van der Waals surface area (Å²) in [4.78, 5) is 6.46. The highest BCUT2D eigenvalue weighted by molar-refractivity contribution is 5.75. The van der Waals surface area contributed by atoms with E-state index in [2.05, 4.69) is 48.1 Å². The van der Waals surface area contributed by atoms with Gasteiger partial charge < -0.3 is 4.90 Å². The van der Waals surface area contributed by atoms with Crippen LogP contribution in [0.3, 0.4) is 0 Å². The monoisotopic (exact) mass is 210 g/mol. The Morgan fingerprint density at radius 2 is 2.06 bits per heavy atom. The number of fused-ring (bicyclic) bond motifs is 2.